The third kappa shape index (κ3) is 2.53. The summed E-state index contributed by atoms with van der Waals surface area (Å²) in [6, 6.07) is 0.653. The summed E-state index contributed by atoms with van der Waals surface area (Å²) in [6.45, 7) is 5.49. The van der Waals surface area contributed by atoms with E-state index in [1.54, 1.807) is 11.3 Å². The van der Waals surface area contributed by atoms with Gasteiger partial charge in [-0.25, -0.2) is 4.98 Å². The molecule has 2 atom stereocenters. The van der Waals surface area contributed by atoms with Crippen molar-refractivity contribution in [2.75, 3.05) is 13.1 Å². The van der Waals surface area contributed by atoms with Crippen LogP contribution < -0.4 is 10.6 Å². The third-order valence-corrected chi connectivity index (χ3v) is 3.56. The minimum Gasteiger partial charge on any atom is -0.316 e. The van der Waals surface area contributed by atoms with Crippen molar-refractivity contribution in [3.8, 4) is 0 Å². The number of nitrogens with zero attached hydrogens (tertiary/aromatic N) is 1. The Morgan fingerprint density at radius 1 is 1.71 bits per heavy atom. The number of aromatic nitrogens is 1. The van der Waals surface area contributed by atoms with E-state index in [1.165, 1.54) is 11.4 Å². The van der Waals surface area contributed by atoms with Crippen molar-refractivity contribution in [3.63, 3.8) is 0 Å². The molecule has 0 saturated carbocycles. The molecule has 2 unspecified atom stereocenters. The summed E-state index contributed by atoms with van der Waals surface area (Å²) < 4.78 is 0. The lowest BCUT2D eigenvalue weighted by atomic mass is 9.95. The SMILES string of the molecule is CC1CNCCC1NCc1nccs1. The minimum absolute atomic E-state index is 0.653. The van der Waals surface area contributed by atoms with Crippen LogP contribution in [0.5, 0.6) is 0 Å². The summed E-state index contributed by atoms with van der Waals surface area (Å²) in [5.41, 5.74) is 0. The summed E-state index contributed by atoms with van der Waals surface area (Å²) in [6.07, 6.45) is 3.10. The standard InChI is InChI=1S/C10H17N3S/c1-8-6-11-3-2-9(8)13-7-10-12-4-5-14-10/h4-5,8-9,11,13H,2-3,6-7H2,1H3. The Morgan fingerprint density at radius 2 is 2.64 bits per heavy atom. The molecule has 1 aromatic rings. The second-order valence-electron chi connectivity index (χ2n) is 3.88. The molecule has 1 aliphatic rings. The molecule has 14 heavy (non-hydrogen) atoms. The first kappa shape index (κ1) is 10.1. The average Bonchev–Trinajstić information content (AvgIpc) is 2.69. The highest BCUT2D eigenvalue weighted by molar-refractivity contribution is 7.09. The van der Waals surface area contributed by atoms with Gasteiger partial charge in [0, 0.05) is 24.2 Å². The second-order valence-corrected chi connectivity index (χ2v) is 4.86. The molecule has 1 aromatic heterocycles. The van der Waals surface area contributed by atoms with Gasteiger partial charge in [-0.3, -0.25) is 0 Å². The van der Waals surface area contributed by atoms with E-state index in [4.69, 9.17) is 0 Å². The zero-order chi connectivity index (χ0) is 9.80. The van der Waals surface area contributed by atoms with Crippen LogP contribution in [-0.4, -0.2) is 24.1 Å². The molecule has 4 heteroatoms. The highest BCUT2D eigenvalue weighted by Gasteiger charge is 2.20. The van der Waals surface area contributed by atoms with Gasteiger partial charge in [0.25, 0.3) is 0 Å². The molecule has 0 spiro atoms. The fraction of sp³-hybridized carbons (Fsp3) is 0.700. The Morgan fingerprint density at radius 3 is 3.36 bits per heavy atom. The Kier molecular flexibility index (Phi) is 3.50. The molecule has 0 aliphatic carbocycles. The predicted octanol–water partition coefficient (Wildman–Crippen LogP) is 1.23. The molecule has 2 rings (SSSR count). The maximum Gasteiger partial charge on any atom is 0.106 e. The van der Waals surface area contributed by atoms with Crippen LogP contribution in [0.3, 0.4) is 0 Å². The topological polar surface area (TPSA) is 37.0 Å². The van der Waals surface area contributed by atoms with E-state index >= 15 is 0 Å². The summed E-state index contributed by atoms with van der Waals surface area (Å²) in [5.74, 6) is 0.726. The number of piperidine rings is 1. The van der Waals surface area contributed by atoms with Gasteiger partial charge < -0.3 is 10.6 Å². The number of hydrogen-bond acceptors (Lipinski definition) is 4. The third-order valence-electron chi connectivity index (χ3n) is 2.78. The molecule has 1 aliphatic heterocycles. The van der Waals surface area contributed by atoms with Gasteiger partial charge in [0.2, 0.25) is 0 Å². The molecule has 1 saturated heterocycles. The van der Waals surface area contributed by atoms with Crippen molar-refractivity contribution < 1.29 is 0 Å². The summed E-state index contributed by atoms with van der Waals surface area (Å²) in [4.78, 5) is 4.27. The quantitative estimate of drug-likeness (QED) is 0.789. The van der Waals surface area contributed by atoms with E-state index in [0.29, 0.717) is 6.04 Å². The Bertz CT molecular complexity index is 260. The summed E-state index contributed by atoms with van der Waals surface area (Å²) >= 11 is 1.72. The van der Waals surface area contributed by atoms with Crippen molar-refractivity contribution in [2.24, 2.45) is 5.92 Å². The number of rotatable bonds is 3. The minimum atomic E-state index is 0.653. The molecule has 2 N–H and O–H groups in total. The highest BCUT2D eigenvalue weighted by atomic mass is 32.1. The Hall–Kier alpha value is -0.450. The van der Waals surface area contributed by atoms with E-state index in [1.807, 2.05) is 11.6 Å². The molecule has 2 heterocycles. The van der Waals surface area contributed by atoms with Crippen LogP contribution in [0.1, 0.15) is 18.4 Å². The van der Waals surface area contributed by atoms with Crippen LogP contribution >= 0.6 is 11.3 Å². The zero-order valence-electron chi connectivity index (χ0n) is 8.49. The predicted molar refractivity (Wildman–Crippen MR) is 59.4 cm³/mol. The molecule has 78 valence electrons. The van der Waals surface area contributed by atoms with Crippen LogP contribution in [0.4, 0.5) is 0 Å². The van der Waals surface area contributed by atoms with E-state index < -0.39 is 0 Å². The second kappa shape index (κ2) is 4.87. The monoisotopic (exact) mass is 211 g/mol. The summed E-state index contributed by atoms with van der Waals surface area (Å²) in [7, 11) is 0. The Labute approximate surface area is 88.9 Å². The molecule has 0 amide bonds. The van der Waals surface area contributed by atoms with Crippen molar-refractivity contribution in [1.29, 1.82) is 0 Å². The highest BCUT2D eigenvalue weighted by Crippen LogP contribution is 2.12. The lowest BCUT2D eigenvalue weighted by molar-refractivity contribution is 0.295. The molecule has 0 bridgehead atoms. The fourth-order valence-corrected chi connectivity index (χ4v) is 2.44. The van der Waals surface area contributed by atoms with E-state index in [0.717, 1.165) is 25.6 Å². The van der Waals surface area contributed by atoms with E-state index in [-0.39, 0.29) is 0 Å². The lowest BCUT2D eigenvalue weighted by Crippen LogP contribution is -2.45. The van der Waals surface area contributed by atoms with Gasteiger partial charge in [-0.1, -0.05) is 6.92 Å². The zero-order valence-corrected chi connectivity index (χ0v) is 9.31. The lowest BCUT2D eigenvalue weighted by Gasteiger charge is -2.30. The van der Waals surface area contributed by atoms with Crippen LogP contribution in [0.2, 0.25) is 0 Å². The fourth-order valence-electron chi connectivity index (χ4n) is 1.88. The van der Waals surface area contributed by atoms with Crippen LogP contribution in [0, 0.1) is 5.92 Å². The van der Waals surface area contributed by atoms with Gasteiger partial charge in [0.15, 0.2) is 0 Å². The van der Waals surface area contributed by atoms with Gasteiger partial charge in [0.05, 0.1) is 0 Å². The van der Waals surface area contributed by atoms with Gasteiger partial charge in [-0.15, -0.1) is 11.3 Å². The van der Waals surface area contributed by atoms with Crippen molar-refractivity contribution in [2.45, 2.75) is 25.9 Å². The maximum absolute atomic E-state index is 4.27. The molecular formula is C10H17N3S. The molecule has 3 nitrogen and oxygen atoms in total. The molecule has 1 fully saturated rings. The van der Waals surface area contributed by atoms with Crippen LogP contribution in [0.15, 0.2) is 11.6 Å². The average molecular weight is 211 g/mol. The summed E-state index contributed by atoms with van der Waals surface area (Å²) in [5, 5.41) is 10.2. The normalized spacial score (nSPS) is 27.8. The van der Waals surface area contributed by atoms with Crippen molar-refractivity contribution in [1.82, 2.24) is 15.6 Å². The first-order valence-corrected chi connectivity index (χ1v) is 6.06. The molecule has 0 radical (unpaired) electrons. The largest absolute Gasteiger partial charge is 0.316 e. The number of nitrogens with one attached hydrogen (secondary N) is 2. The van der Waals surface area contributed by atoms with E-state index in [9.17, 15) is 0 Å². The first-order valence-electron chi connectivity index (χ1n) is 5.19. The first-order chi connectivity index (χ1) is 6.86. The van der Waals surface area contributed by atoms with Crippen molar-refractivity contribution >= 4 is 11.3 Å². The maximum atomic E-state index is 4.27. The number of hydrogen-bond donors (Lipinski definition) is 2. The smallest absolute Gasteiger partial charge is 0.106 e. The van der Waals surface area contributed by atoms with Gasteiger partial charge in [-0.2, -0.15) is 0 Å². The molecular weight excluding hydrogens is 194 g/mol. The van der Waals surface area contributed by atoms with Gasteiger partial charge >= 0.3 is 0 Å². The van der Waals surface area contributed by atoms with Gasteiger partial charge in [-0.05, 0) is 25.4 Å². The van der Waals surface area contributed by atoms with E-state index in [2.05, 4.69) is 22.5 Å². The number of thiazole rings is 1. The van der Waals surface area contributed by atoms with Crippen LogP contribution in [-0.2, 0) is 6.54 Å². The molecule has 0 aromatic carbocycles. The Balaban J connectivity index is 1.79. The van der Waals surface area contributed by atoms with Gasteiger partial charge in [0.1, 0.15) is 5.01 Å². The van der Waals surface area contributed by atoms with Crippen molar-refractivity contribution in [3.05, 3.63) is 16.6 Å². The van der Waals surface area contributed by atoms with Crippen LogP contribution in [0.25, 0.3) is 0 Å².